The maximum Gasteiger partial charge on any atom is 0.412 e. The molecule has 3 N–H and O–H groups in total. The summed E-state index contributed by atoms with van der Waals surface area (Å²) < 4.78 is 61.1. The lowest BCUT2D eigenvalue weighted by atomic mass is 10.1. The lowest BCUT2D eigenvalue weighted by Gasteiger charge is -2.29. The van der Waals surface area contributed by atoms with Crippen LogP contribution in [0, 0.1) is 0 Å². The Morgan fingerprint density at radius 1 is 1.24 bits per heavy atom. The Morgan fingerprint density at radius 2 is 1.83 bits per heavy atom. The van der Waals surface area contributed by atoms with E-state index in [1.807, 2.05) is 0 Å². The van der Waals surface area contributed by atoms with Crippen LogP contribution in [0.3, 0.4) is 0 Å². The number of nitrogens with two attached hydrogens (primary N) is 1. The average molecular weight is 434 g/mol. The first kappa shape index (κ1) is 23.3. The van der Waals surface area contributed by atoms with Gasteiger partial charge in [0.1, 0.15) is 4.75 Å². The van der Waals surface area contributed by atoms with Crippen molar-refractivity contribution in [3.63, 3.8) is 0 Å². The van der Waals surface area contributed by atoms with Crippen LogP contribution in [0.15, 0.2) is 18.2 Å². The smallest absolute Gasteiger partial charge is 0.412 e. The maximum absolute atomic E-state index is 13.7. The molecule has 2 rings (SSSR count). The summed E-state index contributed by atoms with van der Waals surface area (Å²) in [6, 6.07) is 1.68. The number of alkyl halides is 3. The van der Waals surface area contributed by atoms with Gasteiger partial charge in [-0.25, -0.2) is 9.48 Å². The van der Waals surface area contributed by atoms with Crippen molar-refractivity contribution in [1.82, 2.24) is 14.5 Å². The zero-order valence-electron chi connectivity index (χ0n) is 17.0. The third-order valence-electron chi connectivity index (χ3n) is 3.93. The number of amides is 1. The molecule has 0 aliphatic heterocycles. The van der Waals surface area contributed by atoms with Gasteiger partial charge in [-0.3, -0.25) is 0 Å². The van der Waals surface area contributed by atoms with Crippen molar-refractivity contribution in [1.29, 1.82) is 0 Å². The second kappa shape index (κ2) is 7.69. The van der Waals surface area contributed by atoms with Gasteiger partial charge in [-0.15, -0.1) is 4.72 Å². The van der Waals surface area contributed by atoms with Crippen LogP contribution in [0.2, 0.25) is 0 Å². The number of fused-ring (bicyclic) bond motifs is 1. The number of carbonyl (C=O) groups excluding carboxylic acids is 1. The van der Waals surface area contributed by atoms with Gasteiger partial charge in [-0.2, -0.15) is 18.3 Å². The zero-order valence-corrected chi connectivity index (χ0v) is 17.9. The van der Waals surface area contributed by atoms with Gasteiger partial charge in [0.05, 0.1) is 16.4 Å². The predicted molar refractivity (Wildman–Crippen MR) is 105 cm³/mol. The molecule has 0 bridgehead atoms. The Bertz CT molecular complexity index is 901. The van der Waals surface area contributed by atoms with Gasteiger partial charge < -0.3 is 15.0 Å². The first-order valence-corrected chi connectivity index (χ1v) is 9.92. The molecule has 0 saturated heterocycles. The molecule has 0 radical (unpaired) electrons. The molecule has 2 aromatic rings. The number of aromatic nitrogens is 2. The van der Waals surface area contributed by atoms with E-state index in [2.05, 4.69) is 9.82 Å². The summed E-state index contributed by atoms with van der Waals surface area (Å²) in [5.74, 6) is 0.0429. The number of nitrogens with one attached hydrogen (secondary N) is 1. The number of carbonyl (C=O) groups is 1. The first-order valence-electron chi connectivity index (χ1n) is 8.77. The highest BCUT2D eigenvalue weighted by molar-refractivity contribution is 7.90. The highest BCUT2D eigenvalue weighted by Gasteiger charge is 2.46. The van der Waals surface area contributed by atoms with Crippen LogP contribution >= 0.6 is 0 Å². The molecule has 1 heterocycles. The van der Waals surface area contributed by atoms with Gasteiger partial charge >= 0.3 is 12.3 Å². The third kappa shape index (κ3) is 5.34. The molecule has 7 nitrogen and oxygen atoms in total. The van der Waals surface area contributed by atoms with Crippen LogP contribution in [-0.2, 0) is 16.9 Å². The molecular weight excluding hydrogens is 409 g/mol. The van der Waals surface area contributed by atoms with Crippen molar-refractivity contribution >= 4 is 28.4 Å². The molecule has 1 amide bonds. The minimum atomic E-state index is -4.69. The summed E-state index contributed by atoms with van der Waals surface area (Å²) >= 11 is -1.95. The number of hydrogen-bond acceptors (Lipinski definition) is 5. The van der Waals surface area contributed by atoms with Gasteiger partial charge in [0.25, 0.3) is 0 Å². The topological polar surface area (TPSA) is 105 Å². The van der Waals surface area contributed by atoms with Gasteiger partial charge in [-0.05, 0) is 59.2 Å². The van der Waals surface area contributed by atoms with Gasteiger partial charge in [0.2, 0.25) is 5.88 Å². The molecule has 2 atom stereocenters. The monoisotopic (exact) mass is 434 g/mol. The van der Waals surface area contributed by atoms with Crippen molar-refractivity contribution in [2.75, 3.05) is 0 Å². The number of hydrogen-bond donors (Lipinski definition) is 2. The van der Waals surface area contributed by atoms with Gasteiger partial charge in [0, 0.05) is 11.4 Å². The maximum atomic E-state index is 13.7. The molecule has 1 aromatic carbocycles. The quantitative estimate of drug-likeness (QED) is 0.710. The minimum absolute atomic E-state index is 0.0429. The standard InChI is InChI=1S/C18H25F3N4O3S/c1-16(2,3)25-14(28-15(22)26)11-8-7-10(9-12(11)23-25)13(18(19,20)21)24-29(27)17(4,5)6/h7-9,13,24H,1-6H3,(H2,22,26). The number of halogens is 3. The van der Waals surface area contributed by atoms with Gasteiger partial charge in [0.15, 0.2) is 6.04 Å². The normalized spacial score (nSPS) is 15.4. The fourth-order valence-corrected chi connectivity index (χ4v) is 3.35. The molecule has 0 spiro atoms. The van der Waals surface area contributed by atoms with Crippen molar-refractivity contribution in [2.45, 2.75) is 64.0 Å². The number of nitrogens with zero attached hydrogens (tertiary/aromatic N) is 2. The van der Waals surface area contributed by atoms with E-state index in [1.165, 1.54) is 22.9 Å². The lowest BCUT2D eigenvalue weighted by molar-refractivity contribution is -0.153. The molecule has 0 fully saturated rings. The Hall–Kier alpha value is -1.98. The van der Waals surface area contributed by atoms with Crippen LogP contribution in [0.4, 0.5) is 18.0 Å². The Balaban J connectivity index is 2.59. The number of rotatable bonds is 4. The van der Waals surface area contributed by atoms with Crippen LogP contribution < -0.4 is 15.2 Å². The highest BCUT2D eigenvalue weighted by Crippen LogP contribution is 2.38. The first-order chi connectivity index (χ1) is 13.0. The molecular formula is C18H25F3N4O3S. The van der Waals surface area contributed by atoms with Crippen LogP contribution in [0.1, 0.15) is 53.1 Å². The summed E-state index contributed by atoms with van der Waals surface area (Å²) in [5, 5.41) is 4.64. The van der Waals surface area contributed by atoms with Crippen molar-refractivity contribution < 1.29 is 27.3 Å². The van der Waals surface area contributed by atoms with Crippen molar-refractivity contribution in [3.8, 4) is 5.88 Å². The molecule has 2 unspecified atom stereocenters. The van der Waals surface area contributed by atoms with Crippen LogP contribution in [0.5, 0.6) is 5.88 Å². The average Bonchev–Trinajstić information content (AvgIpc) is 2.87. The highest BCUT2D eigenvalue weighted by atomic mass is 32.2. The van der Waals surface area contributed by atoms with E-state index in [1.54, 1.807) is 41.5 Å². The summed E-state index contributed by atoms with van der Waals surface area (Å²) in [6.45, 7) is 10.1. The van der Waals surface area contributed by atoms with Crippen molar-refractivity contribution in [3.05, 3.63) is 23.8 Å². The Kier molecular flexibility index (Phi) is 6.18. The van der Waals surface area contributed by atoms with E-state index in [0.717, 1.165) is 0 Å². The second-order valence-corrected chi connectivity index (χ2v) is 10.6. The molecule has 1 aromatic heterocycles. The summed E-state index contributed by atoms with van der Waals surface area (Å²) in [7, 11) is 0. The Labute approximate surface area is 170 Å². The van der Waals surface area contributed by atoms with E-state index in [-0.39, 0.29) is 17.0 Å². The van der Waals surface area contributed by atoms with E-state index in [0.29, 0.717) is 5.39 Å². The van der Waals surface area contributed by atoms with E-state index >= 15 is 0 Å². The molecule has 0 aliphatic carbocycles. The van der Waals surface area contributed by atoms with E-state index < -0.39 is 40.0 Å². The number of primary amides is 1. The number of benzene rings is 1. The molecule has 11 heteroatoms. The summed E-state index contributed by atoms with van der Waals surface area (Å²) in [6.07, 6.45) is -5.75. The van der Waals surface area contributed by atoms with E-state index in [4.69, 9.17) is 10.5 Å². The van der Waals surface area contributed by atoms with Crippen LogP contribution in [0.25, 0.3) is 10.9 Å². The summed E-state index contributed by atoms with van der Waals surface area (Å²) in [4.78, 5) is 11.3. The SMILES string of the molecule is CC(C)(C)n1nc2cc(C(N[S+]([O-])C(C)(C)C)C(F)(F)F)ccc2c1OC(N)=O. The van der Waals surface area contributed by atoms with Crippen molar-refractivity contribution in [2.24, 2.45) is 5.73 Å². The number of ether oxygens (including phenoxy) is 1. The second-order valence-electron chi connectivity index (χ2n) is 8.56. The van der Waals surface area contributed by atoms with Crippen LogP contribution in [-0.4, -0.2) is 31.3 Å². The molecule has 29 heavy (non-hydrogen) atoms. The predicted octanol–water partition coefficient (Wildman–Crippen LogP) is 3.90. The molecule has 162 valence electrons. The largest absolute Gasteiger partial charge is 0.598 e. The zero-order chi connectivity index (χ0) is 22.4. The molecule has 0 aliphatic rings. The minimum Gasteiger partial charge on any atom is -0.598 e. The fraction of sp³-hybridized carbons (Fsp3) is 0.556. The molecule has 0 saturated carbocycles. The fourth-order valence-electron chi connectivity index (χ4n) is 2.51. The Morgan fingerprint density at radius 3 is 2.28 bits per heavy atom. The summed E-state index contributed by atoms with van der Waals surface area (Å²) in [5.41, 5.74) is 4.52. The third-order valence-corrected chi connectivity index (χ3v) is 5.49. The lowest BCUT2D eigenvalue weighted by Crippen LogP contribution is -2.45. The van der Waals surface area contributed by atoms with Gasteiger partial charge in [-0.1, -0.05) is 6.07 Å². The van der Waals surface area contributed by atoms with E-state index in [9.17, 15) is 22.5 Å².